The van der Waals surface area contributed by atoms with E-state index in [0.717, 1.165) is 4.88 Å². The summed E-state index contributed by atoms with van der Waals surface area (Å²) in [5, 5.41) is 12.3. The predicted molar refractivity (Wildman–Crippen MR) is 68.9 cm³/mol. The van der Waals surface area contributed by atoms with Crippen molar-refractivity contribution in [3.63, 3.8) is 0 Å². The number of hydrogen-bond acceptors (Lipinski definition) is 4. The van der Waals surface area contributed by atoms with E-state index in [1.807, 2.05) is 13.0 Å². The SMILES string of the molecule is Cc1cnc(Nc2ccc(C#N)c(Br)c2F)s1. The van der Waals surface area contributed by atoms with Crippen molar-refractivity contribution >= 4 is 38.1 Å². The van der Waals surface area contributed by atoms with Crippen LogP contribution in [0, 0.1) is 24.1 Å². The zero-order chi connectivity index (χ0) is 12.4. The van der Waals surface area contributed by atoms with Crippen molar-refractivity contribution in [3.05, 3.63) is 39.1 Å². The minimum absolute atomic E-state index is 0.165. The maximum Gasteiger partial charge on any atom is 0.187 e. The molecule has 3 nitrogen and oxygen atoms in total. The Hall–Kier alpha value is -1.45. The molecule has 0 aliphatic heterocycles. The van der Waals surface area contributed by atoms with Gasteiger partial charge in [-0.25, -0.2) is 9.37 Å². The molecule has 0 aliphatic carbocycles. The van der Waals surface area contributed by atoms with Gasteiger partial charge < -0.3 is 5.32 Å². The van der Waals surface area contributed by atoms with Crippen LogP contribution in [0.2, 0.25) is 0 Å². The molecule has 1 aromatic carbocycles. The van der Waals surface area contributed by atoms with Gasteiger partial charge in [-0.3, -0.25) is 0 Å². The Labute approximate surface area is 110 Å². The zero-order valence-corrected chi connectivity index (χ0v) is 11.2. The first kappa shape index (κ1) is 12.0. The van der Waals surface area contributed by atoms with Gasteiger partial charge in [0.15, 0.2) is 10.9 Å². The molecule has 0 atom stereocenters. The lowest BCUT2D eigenvalue weighted by Gasteiger charge is -2.06. The molecule has 2 rings (SSSR count). The largest absolute Gasteiger partial charge is 0.329 e. The van der Waals surface area contributed by atoms with Crippen LogP contribution in [0.15, 0.2) is 22.8 Å². The molecule has 0 radical (unpaired) electrons. The molecule has 0 spiro atoms. The van der Waals surface area contributed by atoms with Gasteiger partial charge in [0.25, 0.3) is 0 Å². The minimum Gasteiger partial charge on any atom is -0.329 e. The standard InChI is InChI=1S/C11H7BrFN3S/c1-6-5-15-11(17-6)16-8-3-2-7(4-14)9(12)10(8)13/h2-3,5H,1H3,(H,15,16). The van der Waals surface area contributed by atoms with Gasteiger partial charge in [0, 0.05) is 11.1 Å². The van der Waals surface area contributed by atoms with Crippen LogP contribution in [0.5, 0.6) is 0 Å². The smallest absolute Gasteiger partial charge is 0.187 e. The van der Waals surface area contributed by atoms with E-state index in [1.165, 1.54) is 17.4 Å². The van der Waals surface area contributed by atoms with Gasteiger partial charge in [-0.05, 0) is 35.0 Å². The Kier molecular flexibility index (Phi) is 3.41. The number of thiazole rings is 1. The van der Waals surface area contributed by atoms with Crippen molar-refractivity contribution in [3.8, 4) is 6.07 Å². The third kappa shape index (κ3) is 2.46. The van der Waals surface area contributed by atoms with Crippen molar-refractivity contribution in [2.24, 2.45) is 0 Å². The number of aryl methyl sites for hydroxylation is 1. The minimum atomic E-state index is -0.489. The highest BCUT2D eigenvalue weighted by atomic mass is 79.9. The first-order valence-corrected chi connectivity index (χ1v) is 6.30. The molecule has 0 aliphatic rings. The number of nitrogens with zero attached hydrogens (tertiary/aromatic N) is 2. The van der Waals surface area contributed by atoms with Gasteiger partial charge in [-0.15, -0.1) is 11.3 Å². The van der Waals surface area contributed by atoms with E-state index in [0.29, 0.717) is 10.8 Å². The quantitative estimate of drug-likeness (QED) is 0.913. The second-order valence-corrected chi connectivity index (χ2v) is 5.33. The fraction of sp³-hybridized carbons (Fsp3) is 0.0909. The number of nitrogens with one attached hydrogen (secondary N) is 1. The molecule has 6 heteroatoms. The van der Waals surface area contributed by atoms with Gasteiger partial charge in [0.1, 0.15) is 6.07 Å². The molecule has 0 unspecified atom stereocenters. The van der Waals surface area contributed by atoms with Crippen LogP contribution in [0.4, 0.5) is 15.2 Å². The number of halogens is 2. The summed E-state index contributed by atoms with van der Waals surface area (Å²) in [6.07, 6.45) is 1.71. The molecule has 2 aromatic rings. The summed E-state index contributed by atoms with van der Waals surface area (Å²) in [5.41, 5.74) is 0.564. The van der Waals surface area contributed by atoms with Crippen molar-refractivity contribution < 1.29 is 4.39 Å². The highest BCUT2D eigenvalue weighted by molar-refractivity contribution is 9.10. The van der Waals surface area contributed by atoms with E-state index in [9.17, 15) is 4.39 Å². The van der Waals surface area contributed by atoms with Gasteiger partial charge in [0.2, 0.25) is 0 Å². The molecule has 1 N–H and O–H groups in total. The molecule has 1 heterocycles. The van der Waals surface area contributed by atoms with Gasteiger partial charge in [0.05, 0.1) is 15.7 Å². The van der Waals surface area contributed by atoms with E-state index in [4.69, 9.17) is 5.26 Å². The molecular weight excluding hydrogens is 305 g/mol. The number of anilines is 2. The molecule has 0 bridgehead atoms. The molecule has 0 saturated carbocycles. The Morgan fingerprint density at radius 1 is 1.53 bits per heavy atom. The maximum absolute atomic E-state index is 13.9. The zero-order valence-electron chi connectivity index (χ0n) is 8.79. The predicted octanol–water partition coefficient (Wildman–Crippen LogP) is 3.97. The van der Waals surface area contributed by atoms with Crippen LogP contribution in [-0.4, -0.2) is 4.98 Å². The van der Waals surface area contributed by atoms with Crippen LogP contribution in [-0.2, 0) is 0 Å². The van der Waals surface area contributed by atoms with Crippen molar-refractivity contribution in [2.75, 3.05) is 5.32 Å². The third-order valence-corrected chi connectivity index (χ3v) is 3.67. The van der Waals surface area contributed by atoms with Gasteiger partial charge in [-0.2, -0.15) is 5.26 Å². The second-order valence-electron chi connectivity index (χ2n) is 3.30. The van der Waals surface area contributed by atoms with Crippen molar-refractivity contribution in [1.82, 2.24) is 4.98 Å². The molecule has 1 aromatic heterocycles. The normalized spacial score (nSPS) is 10.0. The second kappa shape index (κ2) is 4.82. The molecule has 86 valence electrons. The Morgan fingerprint density at radius 2 is 2.29 bits per heavy atom. The number of rotatable bonds is 2. The van der Waals surface area contributed by atoms with Crippen molar-refractivity contribution in [1.29, 1.82) is 5.26 Å². The summed E-state index contributed by atoms with van der Waals surface area (Å²) < 4.78 is 14.0. The fourth-order valence-corrected chi connectivity index (χ4v) is 2.37. The maximum atomic E-state index is 13.9. The number of hydrogen-bond donors (Lipinski definition) is 1. The highest BCUT2D eigenvalue weighted by Crippen LogP contribution is 2.29. The summed E-state index contributed by atoms with van der Waals surface area (Å²) in [6.45, 7) is 1.92. The highest BCUT2D eigenvalue weighted by Gasteiger charge is 2.12. The van der Waals surface area contributed by atoms with E-state index >= 15 is 0 Å². The van der Waals surface area contributed by atoms with Crippen LogP contribution in [0.3, 0.4) is 0 Å². The number of nitriles is 1. The van der Waals surface area contributed by atoms with Crippen LogP contribution < -0.4 is 5.32 Å². The van der Waals surface area contributed by atoms with Crippen LogP contribution in [0.1, 0.15) is 10.4 Å². The summed E-state index contributed by atoms with van der Waals surface area (Å²) in [6, 6.07) is 4.98. The first-order chi connectivity index (χ1) is 8.11. The average Bonchev–Trinajstić information content (AvgIpc) is 2.71. The van der Waals surface area contributed by atoms with Gasteiger partial charge >= 0.3 is 0 Å². The monoisotopic (exact) mass is 311 g/mol. The van der Waals surface area contributed by atoms with E-state index < -0.39 is 5.82 Å². The fourth-order valence-electron chi connectivity index (χ4n) is 1.26. The molecule has 17 heavy (non-hydrogen) atoms. The molecular formula is C11H7BrFN3S. The third-order valence-electron chi connectivity index (χ3n) is 2.07. The van der Waals surface area contributed by atoms with E-state index in [2.05, 4.69) is 26.2 Å². The van der Waals surface area contributed by atoms with E-state index in [1.54, 1.807) is 12.3 Å². The molecule has 0 fully saturated rings. The van der Waals surface area contributed by atoms with Crippen LogP contribution in [0.25, 0.3) is 0 Å². The lowest BCUT2D eigenvalue weighted by atomic mass is 10.2. The first-order valence-electron chi connectivity index (χ1n) is 4.69. The molecule has 0 amide bonds. The summed E-state index contributed by atoms with van der Waals surface area (Å²) in [5.74, 6) is -0.489. The van der Waals surface area contributed by atoms with E-state index in [-0.39, 0.29) is 10.0 Å². The van der Waals surface area contributed by atoms with Crippen molar-refractivity contribution in [2.45, 2.75) is 6.92 Å². The topological polar surface area (TPSA) is 48.7 Å². The van der Waals surface area contributed by atoms with Crippen LogP contribution >= 0.6 is 27.3 Å². The van der Waals surface area contributed by atoms with Gasteiger partial charge in [-0.1, -0.05) is 0 Å². The summed E-state index contributed by atoms with van der Waals surface area (Å²) >= 11 is 4.49. The Morgan fingerprint density at radius 3 is 2.88 bits per heavy atom. The Bertz CT molecular complexity index is 603. The number of benzene rings is 1. The lowest BCUT2D eigenvalue weighted by Crippen LogP contribution is -1.95. The summed E-state index contributed by atoms with van der Waals surface area (Å²) in [4.78, 5) is 5.13. The Balaban J connectivity index is 2.35. The number of aromatic nitrogens is 1. The lowest BCUT2D eigenvalue weighted by molar-refractivity contribution is 0.624. The molecule has 0 saturated heterocycles. The summed E-state index contributed by atoms with van der Waals surface area (Å²) in [7, 11) is 0. The average molecular weight is 312 g/mol.